The molecule has 0 aliphatic carbocycles. The van der Waals surface area contributed by atoms with Crippen LogP contribution in [0.5, 0.6) is 0 Å². The maximum atomic E-state index is 7.23. The molecule has 0 saturated carbocycles. The second-order valence-corrected chi connectivity index (χ2v) is 3.19. The van der Waals surface area contributed by atoms with Crippen LogP contribution in [0, 0.1) is 5.41 Å². The highest BCUT2D eigenvalue weighted by atomic mass is 32.2. The van der Waals surface area contributed by atoms with Gasteiger partial charge >= 0.3 is 0 Å². The monoisotopic (exact) mass is 176 g/mol. The second kappa shape index (κ2) is 4.58. The van der Waals surface area contributed by atoms with E-state index >= 15 is 0 Å². The molecule has 1 rings (SSSR count). The molecule has 1 saturated heterocycles. The van der Waals surface area contributed by atoms with E-state index in [0.29, 0.717) is 0 Å². The summed E-state index contributed by atoms with van der Waals surface area (Å²) in [6.45, 7) is 3.25. The van der Waals surface area contributed by atoms with E-state index in [0.717, 1.165) is 26.3 Å². The normalized spacial score (nSPS) is 19.7. The summed E-state index contributed by atoms with van der Waals surface area (Å²) in [5.41, 5.74) is 0. The first-order chi connectivity index (χ1) is 5.33. The molecule has 0 radical (unpaired) electrons. The Kier molecular flexibility index (Phi) is 3.68. The lowest BCUT2D eigenvalue weighted by atomic mass is 10.5. The average Bonchev–Trinajstić information content (AvgIpc) is 2.06. The van der Waals surface area contributed by atoms with Crippen molar-refractivity contribution in [2.45, 2.75) is 0 Å². The van der Waals surface area contributed by atoms with Gasteiger partial charge in [0.25, 0.3) is 5.23 Å². The molecule has 4 nitrogen and oxygen atoms in total. The third kappa shape index (κ3) is 3.09. The molecule has 1 aliphatic heterocycles. The molecule has 0 bridgehead atoms. The summed E-state index contributed by atoms with van der Waals surface area (Å²) in [5, 5.41) is 7.47. The fraction of sp³-hybridized carbons (Fsp3) is 0.833. The molecule has 1 N–H and O–H groups in total. The number of nitrogens with one attached hydrogen (secondary N) is 1. The Labute approximate surface area is 70.5 Å². The highest BCUT2D eigenvalue weighted by Crippen LogP contribution is 2.12. The summed E-state index contributed by atoms with van der Waals surface area (Å²) in [7, 11) is 1.51. The summed E-state index contributed by atoms with van der Waals surface area (Å²) in [6.07, 6.45) is 0. The van der Waals surface area contributed by atoms with E-state index in [1.54, 1.807) is 0 Å². The molecule has 0 unspecified atom stereocenters. The Balaban J connectivity index is 2.19. The summed E-state index contributed by atoms with van der Waals surface area (Å²) in [6, 6.07) is 0. The maximum absolute atomic E-state index is 7.23. The van der Waals surface area contributed by atoms with Crippen LogP contribution in [0.4, 0.5) is 0 Å². The van der Waals surface area contributed by atoms with Gasteiger partial charge in [0.2, 0.25) is 0 Å². The van der Waals surface area contributed by atoms with Gasteiger partial charge in [-0.3, -0.25) is 5.41 Å². The van der Waals surface area contributed by atoms with Crippen LogP contribution in [0.2, 0.25) is 0 Å². The minimum Gasteiger partial charge on any atom is -0.476 e. The first-order valence-corrected chi connectivity index (χ1v) is 4.23. The Bertz CT molecular complexity index is 137. The highest BCUT2D eigenvalue weighted by molar-refractivity contribution is 8.11. The summed E-state index contributed by atoms with van der Waals surface area (Å²) >= 11 is 1.33. The van der Waals surface area contributed by atoms with E-state index in [1.807, 2.05) is 0 Å². The lowest BCUT2D eigenvalue weighted by molar-refractivity contribution is 0.0776. The van der Waals surface area contributed by atoms with Crippen molar-refractivity contribution in [1.82, 2.24) is 4.31 Å². The van der Waals surface area contributed by atoms with E-state index in [-0.39, 0.29) is 5.23 Å². The third-order valence-electron chi connectivity index (χ3n) is 1.37. The van der Waals surface area contributed by atoms with Crippen LogP contribution in [-0.2, 0) is 9.47 Å². The SMILES string of the molecule is COC(=N)SN1CCOCC1. The van der Waals surface area contributed by atoms with Gasteiger partial charge in [0, 0.05) is 25.0 Å². The fourth-order valence-electron chi connectivity index (χ4n) is 0.792. The largest absolute Gasteiger partial charge is 0.476 e. The van der Waals surface area contributed by atoms with E-state index < -0.39 is 0 Å². The Morgan fingerprint density at radius 2 is 2.18 bits per heavy atom. The quantitative estimate of drug-likeness (QED) is 0.360. The van der Waals surface area contributed by atoms with E-state index in [4.69, 9.17) is 14.9 Å². The zero-order valence-electron chi connectivity index (χ0n) is 6.50. The number of rotatable bonds is 1. The van der Waals surface area contributed by atoms with Gasteiger partial charge in [-0.15, -0.1) is 0 Å². The predicted octanol–water partition coefficient (Wildman–Crippen LogP) is 0.548. The van der Waals surface area contributed by atoms with Crippen molar-refractivity contribution in [2.24, 2.45) is 0 Å². The van der Waals surface area contributed by atoms with E-state index in [1.165, 1.54) is 19.1 Å². The van der Waals surface area contributed by atoms with Crippen LogP contribution in [0.3, 0.4) is 0 Å². The number of hydrogen-bond acceptors (Lipinski definition) is 5. The van der Waals surface area contributed by atoms with Crippen LogP contribution in [0.15, 0.2) is 0 Å². The maximum Gasteiger partial charge on any atom is 0.258 e. The Morgan fingerprint density at radius 1 is 1.55 bits per heavy atom. The summed E-state index contributed by atoms with van der Waals surface area (Å²) < 4.78 is 11.9. The van der Waals surface area contributed by atoms with Gasteiger partial charge in [0.05, 0.1) is 20.3 Å². The van der Waals surface area contributed by atoms with Crippen molar-refractivity contribution >= 4 is 17.2 Å². The zero-order chi connectivity index (χ0) is 8.10. The molecule has 0 aromatic heterocycles. The number of nitrogens with zero attached hydrogens (tertiary/aromatic N) is 1. The molecule has 0 atom stereocenters. The molecular formula is C6H12N2O2S. The van der Waals surface area contributed by atoms with Crippen LogP contribution < -0.4 is 0 Å². The van der Waals surface area contributed by atoms with E-state index in [9.17, 15) is 0 Å². The minimum absolute atomic E-state index is 0.243. The number of morpholine rings is 1. The molecule has 11 heavy (non-hydrogen) atoms. The van der Waals surface area contributed by atoms with Gasteiger partial charge in [-0.25, -0.2) is 4.31 Å². The summed E-state index contributed by atoms with van der Waals surface area (Å²) in [5.74, 6) is 0. The lowest BCUT2D eigenvalue weighted by Gasteiger charge is -2.24. The second-order valence-electron chi connectivity index (χ2n) is 2.12. The van der Waals surface area contributed by atoms with Crippen molar-refractivity contribution in [3.05, 3.63) is 0 Å². The first-order valence-electron chi connectivity index (χ1n) is 3.46. The van der Waals surface area contributed by atoms with Crippen molar-refractivity contribution in [2.75, 3.05) is 33.4 Å². The smallest absolute Gasteiger partial charge is 0.258 e. The van der Waals surface area contributed by atoms with Crippen molar-refractivity contribution in [1.29, 1.82) is 5.41 Å². The Hall–Kier alpha value is -0.260. The molecular weight excluding hydrogens is 164 g/mol. The highest BCUT2D eigenvalue weighted by Gasteiger charge is 2.12. The molecule has 1 aliphatic rings. The lowest BCUT2D eigenvalue weighted by Crippen LogP contribution is -2.32. The van der Waals surface area contributed by atoms with Crippen LogP contribution in [-0.4, -0.2) is 42.9 Å². The third-order valence-corrected chi connectivity index (χ3v) is 2.32. The van der Waals surface area contributed by atoms with Gasteiger partial charge < -0.3 is 9.47 Å². The Morgan fingerprint density at radius 3 is 2.73 bits per heavy atom. The summed E-state index contributed by atoms with van der Waals surface area (Å²) in [4.78, 5) is 0. The van der Waals surface area contributed by atoms with Gasteiger partial charge in [0.15, 0.2) is 0 Å². The predicted molar refractivity (Wildman–Crippen MR) is 44.7 cm³/mol. The molecule has 0 amide bonds. The number of hydrogen-bond donors (Lipinski definition) is 1. The van der Waals surface area contributed by atoms with Gasteiger partial charge in [-0.1, -0.05) is 0 Å². The van der Waals surface area contributed by atoms with Crippen LogP contribution in [0.1, 0.15) is 0 Å². The fourth-order valence-corrected chi connectivity index (χ4v) is 1.43. The molecule has 5 heteroatoms. The molecule has 1 heterocycles. The number of ether oxygens (including phenoxy) is 2. The molecule has 0 aromatic rings. The molecule has 64 valence electrons. The van der Waals surface area contributed by atoms with Gasteiger partial charge in [-0.05, 0) is 0 Å². The van der Waals surface area contributed by atoms with Gasteiger partial charge in [-0.2, -0.15) is 0 Å². The molecule has 0 spiro atoms. The van der Waals surface area contributed by atoms with Crippen LogP contribution >= 0.6 is 11.9 Å². The average molecular weight is 176 g/mol. The minimum atomic E-state index is 0.243. The van der Waals surface area contributed by atoms with Gasteiger partial charge in [0.1, 0.15) is 0 Å². The molecule has 1 fully saturated rings. The number of methoxy groups -OCH3 is 1. The van der Waals surface area contributed by atoms with E-state index in [2.05, 4.69) is 4.31 Å². The molecule has 0 aromatic carbocycles. The topological polar surface area (TPSA) is 45.5 Å². The first kappa shape index (κ1) is 8.83. The van der Waals surface area contributed by atoms with Crippen molar-refractivity contribution < 1.29 is 9.47 Å². The van der Waals surface area contributed by atoms with Crippen molar-refractivity contribution in [3.63, 3.8) is 0 Å². The van der Waals surface area contributed by atoms with Crippen molar-refractivity contribution in [3.8, 4) is 0 Å². The van der Waals surface area contributed by atoms with Crippen LogP contribution in [0.25, 0.3) is 0 Å². The standard InChI is InChI=1S/C6H12N2O2S/c1-9-6(7)11-8-2-4-10-5-3-8/h7H,2-5H2,1H3. The zero-order valence-corrected chi connectivity index (χ0v) is 7.32.